The van der Waals surface area contributed by atoms with Crippen molar-refractivity contribution in [2.24, 2.45) is 0 Å². The first-order chi connectivity index (χ1) is 5.63. The Hall–Kier alpha value is -0.0600. The number of halogens is 2. The smallest absolute Gasteiger partial charge is 0.0832 e. The summed E-state index contributed by atoms with van der Waals surface area (Å²) in [6.45, 7) is 2.30. The summed E-state index contributed by atoms with van der Waals surface area (Å²) in [5.74, 6) is 0. The fourth-order valence-electron chi connectivity index (χ4n) is 0.852. The first kappa shape index (κ1) is 10.0. The lowest BCUT2D eigenvalue weighted by molar-refractivity contribution is 0.174. The fraction of sp³-hybridized carbons (Fsp3) is 0.571. The summed E-state index contributed by atoms with van der Waals surface area (Å²) in [6.07, 6.45) is 1.29. The van der Waals surface area contributed by atoms with Crippen molar-refractivity contribution >= 4 is 27.5 Å². The molecule has 0 saturated heterocycles. The minimum absolute atomic E-state index is 0.416. The molecule has 12 heavy (non-hydrogen) atoms. The van der Waals surface area contributed by atoms with Gasteiger partial charge in [-0.2, -0.15) is 5.10 Å². The van der Waals surface area contributed by atoms with Crippen LogP contribution in [-0.4, -0.2) is 26.3 Å². The molecule has 0 aliphatic carbocycles. The zero-order valence-corrected chi connectivity index (χ0v) is 9.01. The van der Waals surface area contributed by atoms with Crippen LogP contribution in [0.15, 0.2) is 6.20 Å². The molecule has 5 heteroatoms. The normalized spacial score (nSPS) is 13.3. The second-order valence-electron chi connectivity index (χ2n) is 2.59. The fourth-order valence-corrected chi connectivity index (χ4v) is 1.21. The van der Waals surface area contributed by atoms with E-state index in [9.17, 15) is 5.11 Å². The van der Waals surface area contributed by atoms with Crippen molar-refractivity contribution in [3.8, 4) is 0 Å². The van der Waals surface area contributed by atoms with E-state index in [1.54, 1.807) is 10.9 Å². The van der Waals surface area contributed by atoms with Crippen molar-refractivity contribution in [2.75, 3.05) is 5.33 Å². The molecular weight excluding hydrogens is 243 g/mol. The third-order valence-corrected chi connectivity index (χ3v) is 2.58. The predicted molar refractivity (Wildman–Crippen MR) is 51.8 cm³/mol. The maximum Gasteiger partial charge on any atom is 0.0832 e. The van der Waals surface area contributed by atoms with E-state index in [0.29, 0.717) is 16.9 Å². The second-order valence-corrected chi connectivity index (χ2v) is 3.65. The number of aliphatic hydroxyl groups excluding tert-OH is 1. The second kappa shape index (κ2) is 4.25. The Balaban J connectivity index is 2.64. The lowest BCUT2D eigenvalue weighted by Gasteiger charge is -2.05. The molecule has 0 fully saturated rings. The Morgan fingerprint density at radius 3 is 2.92 bits per heavy atom. The Labute approximate surface area is 84.5 Å². The lowest BCUT2D eigenvalue weighted by atomic mass is 10.4. The van der Waals surface area contributed by atoms with Gasteiger partial charge in [0.05, 0.1) is 23.4 Å². The molecule has 0 bridgehead atoms. The van der Waals surface area contributed by atoms with Gasteiger partial charge in [-0.25, -0.2) is 0 Å². The number of hydrogen-bond donors (Lipinski definition) is 1. The predicted octanol–water partition coefficient (Wildman–Crippen LogP) is 1.60. The highest BCUT2D eigenvalue weighted by molar-refractivity contribution is 9.09. The Kier molecular flexibility index (Phi) is 3.55. The van der Waals surface area contributed by atoms with E-state index in [1.165, 1.54) is 0 Å². The van der Waals surface area contributed by atoms with E-state index in [-0.39, 0.29) is 0 Å². The van der Waals surface area contributed by atoms with Crippen LogP contribution in [0.25, 0.3) is 0 Å². The van der Waals surface area contributed by atoms with Crippen LogP contribution in [0.5, 0.6) is 0 Å². The summed E-state index contributed by atoms with van der Waals surface area (Å²) in [7, 11) is 0. The Bertz CT molecular complexity index is 244. The SMILES string of the molecule is Cc1nn(CC(O)CBr)cc1Cl. The molecule has 1 N–H and O–H groups in total. The quantitative estimate of drug-likeness (QED) is 0.831. The monoisotopic (exact) mass is 252 g/mol. The topological polar surface area (TPSA) is 38.0 Å². The van der Waals surface area contributed by atoms with Gasteiger partial charge in [0.15, 0.2) is 0 Å². The van der Waals surface area contributed by atoms with Crippen LogP contribution in [0.1, 0.15) is 5.69 Å². The maximum atomic E-state index is 9.26. The largest absolute Gasteiger partial charge is 0.390 e. The lowest BCUT2D eigenvalue weighted by Crippen LogP contribution is -2.17. The average molecular weight is 254 g/mol. The van der Waals surface area contributed by atoms with Crippen molar-refractivity contribution in [3.63, 3.8) is 0 Å². The Morgan fingerprint density at radius 2 is 2.50 bits per heavy atom. The van der Waals surface area contributed by atoms with Gasteiger partial charge in [-0.05, 0) is 6.92 Å². The van der Waals surface area contributed by atoms with Crippen LogP contribution < -0.4 is 0 Å². The van der Waals surface area contributed by atoms with Crippen molar-refractivity contribution in [2.45, 2.75) is 19.6 Å². The van der Waals surface area contributed by atoms with E-state index >= 15 is 0 Å². The summed E-state index contributed by atoms with van der Waals surface area (Å²) in [6, 6.07) is 0. The van der Waals surface area contributed by atoms with Crippen LogP contribution >= 0.6 is 27.5 Å². The number of aromatic nitrogens is 2. The number of aliphatic hydroxyl groups is 1. The molecule has 0 amide bonds. The van der Waals surface area contributed by atoms with Gasteiger partial charge in [-0.1, -0.05) is 27.5 Å². The van der Waals surface area contributed by atoms with E-state index < -0.39 is 6.10 Å². The van der Waals surface area contributed by atoms with Crippen molar-refractivity contribution in [3.05, 3.63) is 16.9 Å². The van der Waals surface area contributed by atoms with Gasteiger partial charge in [0.2, 0.25) is 0 Å². The molecule has 1 heterocycles. The van der Waals surface area contributed by atoms with Gasteiger partial charge in [0.25, 0.3) is 0 Å². The Morgan fingerprint density at radius 1 is 1.83 bits per heavy atom. The minimum atomic E-state index is -0.416. The number of aryl methyl sites for hydroxylation is 1. The van der Waals surface area contributed by atoms with Crippen LogP contribution in [0.3, 0.4) is 0 Å². The molecule has 0 aliphatic rings. The van der Waals surface area contributed by atoms with Crippen LogP contribution in [0.4, 0.5) is 0 Å². The number of rotatable bonds is 3. The molecule has 0 spiro atoms. The molecule has 0 aromatic carbocycles. The average Bonchev–Trinajstić information content (AvgIpc) is 2.31. The van der Waals surface area contributed by atoms with E-state index in [2.05, 4.69) is 21.0 Å². The molecule has 1 atom stereocenters. The van der Waals surface area contributed by atoms with Gasteiger partial charge in [-0.3, -0.25) is 4.68 Å². The van der Waals surface area contributed by atoms with Crippen molar-refractivity contribution in [1.82, 2.24) is 9.78 Å². The molecular formula is C7H10BrClN2O. The van der Waals surface area contributed by atoms with Crippen LogP contribution in [0.2, 0.25) is 5.02 Å². The third kappa shape index (κ3) is 2.47. The molecule has 3 nitrogen and oxygen atoms in total. The summed E-state index contributed by atoms with van der Waals surface area (Å²) in [4.78, 5) is 0. The van der Waals surface area contributed by atoms with Crippen molar-refractivity contribution < 1.29 is 5.11 Å². The molecule has 0 saturated carbocycles. The zero-order chi connectivity index (χ0) is 9.14. The first-order valence-electron chi connectivity index (χ1n) is 3.57. The van der Waals surface area contributed by atoms with E-state index in [4.69, 9.17) is 11.6 Å². The highest BCUT2D eigenvalue weighted by Crippen LogP contribution is 2.12. The molecule has 0 aliphatic heterocycles. The van der Waals surface area contributed by atoms with Gasteiger partial charge in [0.1, 0.15) is 0 Å². The maximum absolute atomic E-state index is 9.26. The summed E-state index contributed by atoms with van der Waals surface area (Å²) >= 11 is 8.95. The molecule has 1 unspecified atom stereocenters. The van der Waals surface area contributed by atoms with E-state index in [0.717, 1.165) is 5.69 Å². The van der Waals surface area contributed by atoms with Gasteiger partial charge in [-0.15, -0.1) is 0 Å². The molecule has 68 valence electrons. The summed E-state index contributed by atoms with van der Waals surface area (Å²) in [5.41, 5.74) is 0.790. The van der Waals surface area contributed by atoms with Gasteiger partial charge in [0, 0.05) is 11.5 Å². The van der Waals surface area contributed by atoms with E-state index in [1.807, 2.05) is 6.92 Å². The molecule has 1 rings (SSSR count). The molecule has 1 aromatic heterocycles. The molecule has 0 radical (unpaired) electrons. The van der Waals surface area contributed by atoms with Crippen molar-refractivity contribution in [1.29, 1.82) is 0 Å². The highest BCUT2D eigenvalue weighted by atomic mass is 79.9. The highest BCUT2D eigenvalue weighted by Gasteiger charge is 2.06. The summed E-state index contributed by atoms with van der Waals surface area (Å²) < 4.78 is 1.64. The zero-order valence-electron chi connectivity index (χ0n) is 6.67. The van der Waals surface area contributed by atoms with Gasteiger partial charge >= 0.3 is 0 Å². The minimum Gasteiger partial charge on any atom is -0.390 e. The van der Waals surface area contributed by atoms with Gasteiger partial charge < -0.3 is 5.11 Å². The van der Waals surface area contributed by atoms with Crippen LogP contribution in [0, 0.1) is 6.92 Å². The number of nitrogens with zero attached hydrogens (tertiary/aromatic N) is 2. The standard InChI is InChI=1S/C7H10BrClN2O/c1-5-7(9)4-11(10-5)3-6(12)2-8/h4,6,12H,2-3H2,1H3. The summed E-state index contributed by atoms with van der Waals surface area (Å²) in [5, 5.41) is 14.5. The number of hydrogen-bond acceptors (Lipinski definition) is 2. The van der Waals surface area contributed by atoms with Crippen LogP contribution in [-0.2, 0) is 6.54 Å². The number of alkyl halides is 1. The first-order valence-corrected chi connectivity index (χ1v) is 5.07. The third-order valence-electron chi connectivity index (χ3n) is 1.46. The molecule has 1 aromatic rings.